The van der Waals surface area contributed by atoms with Crippen molar-refractivity contribution in [1.29, 1.82) is 0 Å². The third-order valence-electron chi connectivity index (χ3n) is 2.75. The van der Waals surface area contributed by atoms with Gasteiger partial charge >= 0.3 is 0 Å². The zero-order valence-electron chi connectivity index (χ0n) is 10.0. The largest absolute Gasteiger partial charge is 0.496 e. The molecule has 5 heteroatoms. The van der Waals surface area contributed by atoms with Gasteiger partial charge in [-0.15, -0.1) is 0 Å². The Kier molecular flexibility index (Phi) is 4.90. The molecule has 100 valence electrons. The van der Waals surface area contributed by atoms with Gasteiger partial charge in [-0.3, -0.25) is 0 Å². The molecule has 2 aromatic rings. The van der Waals surface area contributed by atoms with Crippen molar-refractivity contribution in [2.45, 2.75) is 6.10 Å². The molecule has 0 spiro atoms. The lowest BCUT2D eigenvalue weighted by molar-refractivity contribution is 0.220. The van der Waals surface area contributed by atoms with Gasteiger partial charge in [0.15, 0.2) is 0 Å². The first-order chi connectivity index (χ1) is 9.02. The number of halogens is 3. The van der Waals surface area contributed by atoms with Crippen molar-refractivity contribution >= 4 is 43.5 Å². The van der Waals surface area contributed by atoms with Crippen molar-refractivity contribution in [3.8, 4) is 5.75 Å². The van der Waals surface area contributed by atoms with Crippen molar-refractivity contribution in [2.75, 3.05) is 7.11 Å². The average molecular weight is 407 g/mol. The van der Waals surface area contributed by atoms with E-state index in [0.717, 1.165) is 25.8 Å². The molecule has 2 aromatic carbocycles. The van der Waals surface area contributed by atoms with E-state index in [1.54, 1.807) is 19.2 Å². The number of rotatable bonds is 3. The molecule has 2 rings (SSSR count). The van der Waals surface area contributed by atoms with Crippen LogP contribution in [-0.4, -0.2) is 12.2 Å². The molecule has 0 fully saturated rings. The highest BCUT2D eigenvalue weighted by molar-refractivity contribution is 9.10. The highest BCUT2D eigenvalue weighted by Gasteiger charge is 2.13. The molecule has 0 aliphatic carbocycles. The Morgan fingerprint density at radius 3 is 2.16 bits per heavy atom. The fraction of sp³-hybridized carbons (Fsp3) is 0.143. The van der Waals surface area contributed by atoms with Crippen LogP contribution in [0.5, 0.6) is 5.75 Å². The molecule has 2 nitrogen and oxygen atoms in total. The van der Waals surface area contributed by atoms with Gasteiger partial charge in [0, 0.05) is 4.47 Å². The Labute approximate surface area is 133 Å². The first-order valence-electron chi connectivity index (χ1n) is 5.49. The monoisotopic (exact) mass is 404 g/mol. The van der Waals surface area contributed by atoms with Gasteiger partial charge in [0.05, 0.1) is 16.6 Å². The normalized spacial score (nSPS) is 12.3. The summed E-state index contributed by atoms with van der Waals surface area (Å²) >= 11 is 12.7. The second-order valence-electron chi connectivity index (χ2n) is 3.97. The maximum atomic E-state index is 10.4. The summed E-state index contributed by atoms with van der Waals surface area (Å²) in [6.07, 6.45) is -0.712. The van der Waals surface area contributed by atoms with Gasteiger partial charge in [0.25, 0.3) is 0 Å². The average Bonchev–Trinajstić information content (AvgIpc) is 2.41. The summed E-state index contributed by atoms with van der Waals surface area (Å²) in [5, 5.41) is 11.0. The number of benzene rings is 2. The summed E-state index contributed by atoms with van der Waals surface area (Å²) in [4.78, 5) is 0. The Bertz CT molecular complexity index is 602. The molecule has 0 bridgehead atoms. The topological polar surface area (TPSA) is 29.5 Å². The maximum absolute atomic E-state index is 10.4. The minimum Gasteiger partial charge on any atom is -0.496 e. The molecule has 0 aliphatic heterocycles. The van der Waals surface area contributed by atoms with Crippen LogP contribution < -0.4 is 4.74 Å². The number of aliphatic hydroxyl groups excluding tert-OH is 1. The zero-order valence-corrected chi connectivity index (χ0v) is 14.0. The van der Waals surface area contributed by atoms with Crippen LogP contribution >= 0.6 is 43.5 Å². The van der Waals surface area contributed by atoms with Crippen molar-refractivity contribution in [2.24, 2.45) is 0 Å². The van der Waals surface area contributed by atoms with Crippen LogP contribution in [-0.2, 0) is 0 Å². The molecule has 0 saturated carbocycles. The molecule has 0 aromatic heterocycles. The summed E-state index contributed by atoms with van der Waals surface area (Å²) < 4.78 is 6.73. The SMILES string of the molecule is COc1ccc(C(O)c2ccc(Cl)c(Br)c2)cc1Br. The van der Waals surface area contributed by atoms with Gasteiger partial charge in [-0.2, -0.15) is 0 Å². The lowest BCUT2D eigenvalue weighted by Gasteiger charge is -2.14. The lowest BCUT2D eigenvalue weighted by atomic mass is 10.0. The van der Waals surface area contributed by atoms with Gasteiger partial charge in [0.1, 0.15) is 11.9 Å². The third-order valence-corrected chi connectivity index (χ3v) is 4.58. The second-order valence-corrected chi connectivity index (χ2v) is 6.09. The molecular formula is C14H11Br2ClO2. The number of hydrogen-bond donors (Lipinski definition) is 1. The van der Waals surface area contributed by atoms with Crippen LogP contribution in [0, 0.1) is 0 Å². The number of methoxy groups -OCH3 is 1. The molecule has 0 heterocycles. The molecule has 0 aliphatic rings. The highest BCUT2D eigenvalue weighted by Crippen LogP contribution is 2.32. The van der Waals surface area contributed by atoms with E-state index in [1.165, 1.54) is 0 Å². The minimum absolute atomic E-state index is 0.617. The fourth-order valence-electron chi connectivity index (χ4n) is 1.73. The minimum atomic E-state index is -0.712. The van der Waals surface area contributed by atoms with E-state index in [0.29, 0.717) is 5.02 Å². The smallest absolute Gasteiger partial charge is 0.133 e. The van der Waals surface area contributed by atoms with E-state index < -0.39 is 6.10 Å². The van der Waals surface area contributed by atoms with Crippen LogP contribution in [0.1, 0.15) is 17.2 Å². The van der Waals surface area contributed by atoms with E-state index >= 15 is 0 Å². The van der Waals surface area contributed by atoms with Crippen LogP contribution in [0.3, 0.4) is 0 Å². The Morgan fingerprint density at radius 1 is 1.05 bits per heavy atom. The highest BCUT2D eigenvalue weighted by atomic mass is 79.9. The number of aliphatic hydroxyl groups is 1. The Balaban J connectivity index is 2.35. The number of hydrogen-bond acceptors (Lipinski definition) is 2. The quantitative estimate of drug-likeness (QED) is 0.781. The standard InChI is InChI=1S/C14H11Br2ClO2/c1-19-13-5-3-9(7-11(13)16)14(18)8-2-4-12(17)10(15)6-8/h2-7,14,18H,1H3. The van der Waals surface area contributed by atoms with E-state index in [2.05, 4.69) is 31.9 Å². The van der Waals surface area contributed by atoms with Gasteiger partial charge < -0.3 is 9.84 Å². The molecular weight excluding hydrogens is 395 g/mol. The Hall–Kier alpha value is -0.550. The summed E-state index contributed by atoms with van der Waals surface area (Å²) in [7, 11) is 1.60. The predicted molar refractivity (Wildman–Crippen MR) is 83.9 cm³/mol. The van der Waals surface area contributed by atoms with Crippen LogP contribution in [0.15, 0.2) is 45.3 Å². The van der Waals surface area contributed by atoms with E-state index in [9.17, 15) is 5.11 Å². The molecule has 0 saturated heterocycles. The van der Waals surface area contributed by atoms with Crippen molar-refractivity contribution in [3.63, 3.8) is 0 Å². The zero-order chi connectivity index (χ0) is 14.0. The van der Waals surface area contributed by atoms with Gasteiger partial charge in [0.2, 0.25) is 0 Å². The third kappa shape index (κ3) is 3.31. The van der Waals surface area contributed by atoms with E-state index in [-0.39, 0.29) is 0 Å². The van der Waals surface area contributed by atoms with Crippen molar-refractivity contribution in [3.05, 3.63) is 61.5 Å². The lowest BCUT2D eigenvalue weighted by Crippen LogP contribution is -2.00. The molecule has 19 heavy (non-hydrogen) atoms. The molecule has 1 N–H and O–H groups in total. The number of ether oxygens (including phenoxy) is 1. The summed E-state index contributed by atoms with van der Waals surface area (Å²) in [5.74, 6) is 0.730. The summed E-state index contributed by atoms with van der Waals surface area (Å²) in [6, 6.07) is 10.8. The van der Waals surface area contributed by atoms with Gasteiger partial charge in [-0.05, 0) is 67.3 Å². The molecule has 1 unspecified atom stereocenters. The van der Waals surface area contributed by atoms with E-state index in [1.807, 2.05) is 24.3 Å². The second kappa shape index (κ2) is 6.27. The van der Waals surface area contributed by atoms with Gasteiger partial charge in [-0.1, -0.05) is 23.7 Å². The molecule has 0 radical (unpaired) electrons. The first-order valence-corrected chi connectivity index (χ1v) is 7.45. The molecule has 1 atom stereocenters. The Morgan fingerprint density at radius 2 is 1.63 bits per heavy atom. The van der Waals surface area contributed by atoms with Crippen LogP contribution in [0.4, 0.5) is 0 Å². The van der Waals surface area contributed by atoms with E-state index in [4.69, 9.17) is 16.3 Å². The van der Waals surface area contributed by atoms with Crippen molar-refractivity contribution in [1.82, 2.24) is 0 Å². The van der Waals surface area contributed by atoms with Crippen molar-refractivity contribution < 1.29 is 9.84 Å². The predicted octanol–water partition coefficient (Wildman–Crippen LogP) is 4.96. The first kappa shape index (κ1) is 14.9. The van der Waals surface area contributed by atoms with Crippen LogP contribution in [0.2, 0.25) is 5.02 Å². The maximum Gasteiger partial charge on any atom is 0.133 e. The summed E-state index contributed by atoms with van der Waals surface area (Å²) in [6.45, 7) is 0. The molecule has 0 amide bonds. The van der Waals surface area contributed by atoms with Crippen LogP contribution in [0.25, 0.3) is 0 Å². The fourth-order valence-corrected chi connectivity index (χ4v) is 2.80. The summed E-state index contributed by atoms with van der Waals surface area (Å²) in [5.41, 5.74) is 1.55. The van der Waals surface area contributed by atoms with Gasteiger partial charge in [-0.25, -0.2) is 0 Å².